The lowest BCUT2D eigenvalue weighted by atomic mass is 9.70. The van der Waals surface area contributed by atoms with E-state index in [0.717, 1.165) is 0 Å². The molecule has 0 aliphatic rings. The van der Waals surface area contributed by atoms with E-state index in [0.29, 0.717) is 57.8 Å². The van der Waals surface area contributed by atoms with Crippen molar-refractivity contribution in [1.82, 2.24) is 0 Å². The van der Waals surface area contributed by atoms with Gasteiger partial charge in [0, 0.05) is 33.4 Å². The summed E-state index contributed by atoms with van der Waals surface area (Å²) in [6.07, 6.45) is 3.47. The molecule has 12 nitrogen and oxygen atoms in total. The summed E-state index contributed by atoms with van der Waals surface area (Å²) in [5.74, 6) is -3.34. The van der Waals surface area contributed by atoms with Crippen LogP contribution in [0.5, 0.6) is 0 Å². The Labute approximate surface area is 315 Å². The van der Waals surface area contributed by atoms with Gasteiger partial charge in [-0.25, -0.2) is 28.8 Å². The van der Waals surface area contributed by atoms with Gasteiger partial charge in [0.15, 0.2) is 0 Å². The maximum atomic E-state index is 12.3. The van der Waals surface area contributed by atoms with Crippen LogP contribution < -0.4 is 0 Å². The first-order chi connectivity index (χ1) is 24.7. The van der Waals surface area contributed by atoms with E-state index >= 15 is 0 Å². The van der Waals surface area contributed by atoms with Crippen LogP contribution in [0.15, 0.2) is 72.9 Å². The van der Waals surface area contributed by atoms with Crippen molar-refractivity contribution in [3.8, 4) is 0 Å². The van der Waals surface area contributed by atoms with Gasteiger partial charge in [-0.1, -0.05) is 45.9 Å². The average molecular weight is 745 g/mol. The summed E-state index contributed by atoms with van der Waals surface area (Å²) in [4.78, 5) is 73.8. The number of hydrogen-bond acceptors (Lipinski definition) is 12. The van der Waals surface area contributed by atoms with Crippen LogP contribution in [0.2, 0.25) is 0 Å². The van der Waals surface area contributed by atoms with Gasteiger partial charge in [0.25, 0.3) is 0 Å². The standard InChI is InChI=1S/C41H60O12/c1-28(2)34(42)48-22-16-40(17-23-49-35(43)29(3)4,18-24-50-36(44)30(5)6)14-13-15-41(19-25-51-37(45)31(7)8,20-26-52-38(46)32(9)10)21-27-53-39(47)33(11)12/h1,3,5,7,9,11,13-27H2,2,4,6,8,10,12H3. The van der Waals surface area contributed by atoms with Crippen molar-refractivity contribution in [1.29, 1.82) is 0 Å². The zero-order valence-electron chi connectivity index (χ0n) is 32.7. The van der Waals surface area contributed by atoms with Gasteiger partial charge in [-0.2, -0.15) is 0 Å². The van der Waals surface area contributed by atoms with E-state index in [9.17, 15) is 28.8 Å². The molecule has 0 unspecified atom stereocenters. The molecule has 0 aliphatic carbocycles. The zero-order chi connectivity index (χ0) is 40.8. The predicted octanol–water partition coefficient (Wildman–Crippen LogP) is 7.19. The van der Waals surface area contributed by atoms with Gasteiger partial charge < -0.3 is 28.4 Å². The summed E-state index contributed by atoms with van der Waals surface area (Å²) in [5, 5.41) is 0. The minimum absolute atomic E-state index is 0.0181. The smallest absolute Gasteiger partial charge is 0.333 e. The molecule has 0 fully saturated rings. The Hall–Kier alpha value is -4.74. The molecule has 0 aromatic rings. The van der Waals surface area contributed by atoms with Crippen molar-refractivity contribution >= 4 is 35.8 Å². The first-order valence-electron chi connectivity index (χ1n) is 17.6. The molecule has 0 N–H and O–H groups in total. The highest BCUT2D eigenvalue weighted by Gasteiger charge is 2.35. The van der Waals surface area contributed by atoms with E-state index in [-0.39, 0.29) is 73.1 Å². The van der Waals surface area contributed by atoms with Gasteiger partial charge in [0.05, 0.1) is 39.6 Å². The number of hydrogen-bond donors (Lipinski definition) is 0. The highest BCUT2D eigenvalue weighted by molar-refractivity contribution is 5.88. The van der Waals surface area contributed by atoms with Crippen LogP contribution in [0.4, 0.5) is 0 Å². The highest BCUT2D eigenvalue weighted by atomic mass is 16.6. The molecule has 0 saturated carbocycles. The average Bonchev–Trinajstić information content (AvgIpc) is 3.07. The molecule has 0 bridgehead atoms. The second kappa shape index (κ2) is 24.5. The zero-order valence-corrected chi connectivity index (χ0v) is 32.7. The van der Waals surface area contributed by atoms with Crippen LogP contribution in [-0.4, -0.2) is 75.5 Å². The Balaban J connectivity index is 6.69. The van der Waals surface area contributed by atoms with Gasteiger partial charge >= 0.3 is 35.8 Å². The SMILES string of the molecule is C=C(C)C(=O)OCCC(CCCC(CCOC(=O)C(=C)C)(CCOC(=O)C(=C)C)CCOC(=O)C(=C)C)(CCOC(=O)C(=C)C)CCOC(=O)C(=C)C. The van der Waals surface area contributed by atoms with Crippen molar-refractivity contribution in [2.75, 3.05) is 39.6 Å². The van der Waals surface area contributed by atoms with E-state index in [2.05, 4.69) is 39.5 Å². The van der Waals surface area contributed by atoms with Crippen LogP contribution in [-0.2, 0) is 57.2 Å². The third-order valence-electron chi connectivity index (χ3n) is 8.70. The Morgan fingerprint density at radius 1 is 0.321 bits per heavy atom. The van der Waals surface area contributed by atoms with Crippen molar-refractivity contribution in [2.45, 2.75) is 99.3 Å². The monoisotopic (exact) mass is 744 g/mol. The molecule has 12 heteroatoms. The van der Waals surface area contributed by atoms with Crippen LogP contribution in [0.1, 0.15) is 99.3 Å². The van der Waals surface area contributed by atoms with Gasteiger partial charge in [-0.05, 0) is 104 Å². The Bertz CT molecular complexity index is 1140. The molecule has 296 valence electrons. The highest BCUT2D eigenvalue weighted by Crippen LogP contribution is 2.42. The van der Waals surface area contributed by atoms with E-state index in [1.54, 1.807) is 0 Å². The number of rotatable bonds is 28. The minimum Gasteiger partial charge on any atom is -0.462 e. The Kier molecular flexibility index (Phi) is 22.3. The fourth-order valence-corrected chi connectivity index (χ4v) is 5.24. The van der Waals surface area contributed by atoms with Crippen molar-refractivity contribution in [2.24, 2.45) is 10.8 Å². The first-order valence-corrected chi connectivity index (χ1v) is 17.6. The summed E-state index contributed by atoms with van der Waals surface area (Å²) in [6.45, 7) is 31.2. The normalized spacial score (nSPS) is 11.0. The molecule has 0 aliphatic heterocycles. The molecule has 0 rings (SSSR count). The molecular formula is C41H60O12. The second-order valence-electron chi connectivity index (χ2n) is 13.9. The topological polar surface area (TPSA) is 158 Å². The third kappa shape index (κ3) is 20.2. The van der Waals surface area contributed by atoms with Crippen LogP contribution in [0.3, 0.4) is 0 Å². The predicted molar refractivity (Wildman–Crippen MR) is 201 cm³/mol. The summed E-state index contributed by atoms with van der Waals surface area (Å²) >= 11 is 0. The van der Waals surface area contributed by atoms with Gasteiger partial charge in [0.1, 0.15) is 0 Å². The first kappa shape index (κ1) is 48.3. The molecule has 0 saturated heterocycles. The molecule has 0 heterocycles. The summed E-state index contributed by atoms with van der Waals surface area (Å²) in [5.41, 5.74) is 0.0675. The number of carbonyl (C=O) groups excluding carboxylic acids is 6. The van der Waals surface area contributed by atoms with E-state index in [1.165, 1.54) is 41.5 Å². The third-order valence-corrected chi connectivity index (χ3v) is 8.70. The molecule has 0 aromatic heterocycles. The van der Waals surface area contributed by atoms with Gasteiger partial charge in [-0.3, -0.25) is 0 Å². The molecule has 0 aromatic carbocycles. The lowest BCUT2D eigenvalue weighted by molar-refractivity contribution is -0.143. The van der Waals surface area contributed by atoms with Crippen molar-refractivity contribution in [3.63, 3.8) is 0 Å². The summed E-state index contributed by atoms with van der Waals surface area (Å²) in [7, 11) is 0. The maximum Gasteiger partial charge on any atom is 0.333 e. The molecule has 53 heavy (non-hydrogen) atoms. The molecular weight excluding hydrogens is 684 g/mol. The number of esters is 6. The van der Waals surface area contributed by atoms with Crippen LogP contribution >= 0.6 is 0 Å². The van der Waals surface area contributed by atoms with Gasteiger partial charge in [0.2, 0.25) is 0 Å². The van der Waals surface area contributed by atoms with E-state index < -0.39 is 46.6 Å². The maximum absolute atomic E-state index is 12.3. The van der Waals surface area contributed by atoms with Gasteiger partial charge in [-0.15, -0.1) is 0 Å². The summed E-state index contributed by atoms with van der Waals surface area (Å²) < 4.78 is 32.8. The Morgan fingerprint density at radius 3 is 0.604 bits per heavy atom. The van der Waals surface area contributed by atoms with E-state index in [1.807, 2.05) is 0 Å². The van der Waals surface area contributed by atoms with Crippen LogP contribution in [0.25, 0.3) is 0 Å². The fourth-order valence-electron chi connectivity index (χ4n) is 5.24. The summed E-state index contributed by atoms with van der Waals surface area (Å²) in [6, 6.07) is 0. The lowest BCUT2D eigenvalue weighted by Gasteiger charge is -2.37. The molecule has 0 spiro atoms. The quantitative estimate of drug-likeness (QED) is 0.0452. The van der Waals surface area contributed by atoms with Crippen molar-refractivity contribution < 1.29 is 57.2 Å². The minimum atomic E-state index is -0.670. The van der Waals surface area contributed by atoms with Crippen LogP contribution in [0, 0.1) is 10.8 Å². The van der Waals surface area contributed by atoms with Crippen molar-refractivity contribution in [3.05, 3.63) is 72.9 Å². The number of ether oxygens (including phenoxy) is 6. The largest absolute Gasteiger partial charge is 0.462 e. The molecule has 0 atom stereocenters. The fraction of sp³-hybridized carbons (Fsp3) is 0.561. The second-order valence-corrected chi connectivity index (χ2v) is 13.9. The number of carbonyl (C=O) groups is 6. The van der Waals surface area contributed by atoms with E-state index in [4.69, 9.17) is 28.4 Å². The molecule has 0 radical (unpaired) electrons. The lowest BCUT2D eigenvalue weighted by Crippen LogP contribution is -2.31. The Morgan fingerprint density at radius 2 is 0.472 bits per heavy atom. The molecule has 0 amide bonds.